The lowest BCUT2D eigenvalue weighted by Gasteiger charge is -1.93. The SMILES string of the molecule is CCC(=O)C1=NC(C(=O)O)CS1. The number of carboxylic acids is 1. The van der Waals surface area contributed by atoms with Crippen LogP contribution >= 0.6 is 11.8 Å². The predicted octanol–water partition coefficient (Wildman–Crippen LogP) is 0.564. The van der Waals surface area contributed by atoms with Crippen LogP contribution in [0.3, 0.4) is 0 Å². The fraction of sp³-hybridized carbons (Fsp3) is 0.571. The van der Waals surface area contributed by atoms with Gasteiger partial charge in [-0.05, 0) is 0 Å². The highest BCUT2D eigenvalue weighted by Crippen LogP contribution is 2.19. The molecule has 1 rings (SSSR count). The van der Waals surface area contributed by atoms with E-state index in [0.29, 0.717) is 17.2 Å². The van der Waals surface area contributed by atoms with Crippen LogP contribution in [0.15, 0.2) is 4.99 Å². The number of hydrogen-bond acceptors (Lipinski definition) is 4. The molecule has 0 aromatic heterocycles. The quantitative estimate of drug-likeness (QED) is 0.701. The summed E-state index contributed by atoms with van der Waals surface area (Å²) in [6, 6.07) is -0.722. The number of ketones is 1. The summed E-state index contributed by atoms with van der Waals surface area (Å²) in [4.78, 5) is 25.3. The van der Waals surface area contributed by atoms with Crippen LogP contribution in [-0.2, 0) is 9.59 Å². The highest BCUT2D eigenvalue weighted by atomic mass is 32.2. The lowest BCUT2D eigenvalue weighted by molar-refractivity contribution is -0.137. The third-order valence-electron chi connectivity index (χ3n) is 1.50. The van der Waals surface area contributed by atoms with Crippen molar-refractivity contribution in [2.24, 2.45) is 4.99 Å². The van der Waals surface area contributed by atoms with Crippen molar-refractivity contribution in [3.05, 3.63) is 0 Å². The van der Waals surface area contributed by atoms with Crippen molar-refractivity contribution in [3.8, 4) is 0 Å². The molecule has 1 aliphatic rings. The van der Waals surface area contributed by atoms with Crippen LogP contribution in [0.5, 0.6) is 0 Å². The first-order chi connectivity index (χ1) is 5.65. The largest absolute Gasteiger partial charge is 0.480 e. The molecule has 0 amide bonds. The van der Waals surface area contributed by atoms with Gasteiger partial charge in [-0.15, -0.1) is 11.8 Å². The first-order valence-electron chi connectivity index (χ1n) is 3.61. The zero-order valence-corrected chi connectivity index (χ0v) is 7.43. The maximum Gasteiger partial charge on any atom is 0.329 e. The summed E-state index contributed by atoms with van der Waals surface area (Å²) in [5.41, 5.74) is 0. The van der Waals surface area contributed by atoms with Crippen LogP contribution in [0.2, 0.25) is 0 Å². The molecular weight excluding hydrogens is 178 g/mol. The molecule has 0 fully saturated rings. The number of Topliss-reactive ketones (excluding diaryl/α,β-unsaturated/α-hetero) is 1. The van der Waals surface area contributed by atoms with Crippen LogP contribution in [-0.4, -0.2) is 33.7 Å². The van der Waals surface area contributed by atoms with Crippen LogP contribution in [0.1, 0.15) is 13.3 Å². The van der Waals surface area contributed by atoms with Crippen molar-refractivity contribution in [2.45, 2.75) is 19.4 Å². The summed E-state index contributed by atoms with van der Waals surface area (Å²) in [5, 5.41) is 8.92. The Kier molecular flexibility index (Phi) is 2.86. The van der Waals surface area contributed by atoms with Gasteiger partial charge in [0.15, 0.2) is 11.8 Å². The monoisotopic (exact) mass is 187 g/mol. The van der Waals surface area contributed by atoms with Gasteiger partial charge in [0.05, 0.1) is 0 Å². The lowest BCUT2D eigenvalue weighted by atomic mass is 10.3. The summed E-state index contributed by atoms with van der Waals surface area (Å²) >= 11 is 1.23. The molecule has 0 radical (unpaired) electrons. The number of nitrogens with zero attached hydrogens (tertiary/aromatic N) is 1. The van der Waals surface area contributed by atoms with Gasteiger partial charge in [0, 0.05) is 12.2 Å². The Balaban J connectivity index is 2.65. The smallest absolute Gasteiger partial charge is 0.329 e. The average Bonchev–Trinajstić information content (AvgIpc) is 2.51. The Morgan fingerprint density at radius 1 is 1.75 bits per heavy atom. The van der Waals surface area contributed by atoms with E-state index in [-0.39, 0.29) is 5.78 Å². The molecule has 4 nitrogen and oxygen atoms in total. The van der Waals surface area contributed by atoms with E-state index in [1.807, 2.05) is 0 Å². The van der Waals surface area contributed by atoms with E-state index in [1.165, 1.54) is 11.8 Å². The first-order valence-corrected chi connectivity index (χ1v) is 4.60. The molecule has 5 heteroatoms. The molecule has 0 aliphatic carbocycles. The Morgan fingerprint density at radius 3 is 2.83 bits per heavy atom. The number of hydrogen-bond donors (Lipinski definition) is 1. The molecule has 66 valence electrons. The van der Waals surface area contributed by atoms with E-state index in [2.05, 4.69) is 4.99 Å². The minimum absolute atomic E-state index is 0.0660. The maximum absolute atomic E-state index is 11.0. The van der Waals surface area contributed by atoms with Gasteiger partial charge in [-0.2, -0.15) is 0 Å². The molecule has 1 aliphatic heterocycles. The van der Waals surface area contributed by atoms with Crippen LogP contribution < -0.4 is 0 Å². The number of carbonyl (C=O) groups excluding carboxylic acids is 1. The van der Waals surface area contributed by atoms with Crippen molar-refractivity contribution in [3.63, 3.8) is 0 Å². The van der Waals surface area contributed by atoms with Crippen LogP contribution in [0.25, 0.3) is 0 Å². The highest BCUT2D eigenvalue weighted by molar-refractivity contribution is 8.16. The molecule has 0 aromatic carbocycles. The third kappa shape index (κ3) is 1.85. The van der Waals surface area contributed by atoms with E-state index in [4.69, 9.17) is 5.11 Å². The fourth-order valence-electron chi connectivity index (χ4n) is 0.804. The predicted molar refractivity (Wildman–Crippen MR) is 46.6 cm³/mol. The Labute approximate surface area is 74.1 Å². The van der Waals surface area contributed by atoms with Crippen molar-refractivity contribution in [1.82, 2.24) is 0 Å². The van der Waals surface area contributed by atoms with Crippen molar-refractivity contribution >= 4 is 28.6 Å². The van der Waals surface area contributed by atoms with Gasteiger partial charge in [-0.25, -0.2) is 4.79 Å². The number of carbonyl (C=O) groups is 2. The van der Waals surface area contributed by atoms with Gasteiger partial charge in [-0.3, -0.25) is 9.79 Å². The molecule has 1 N–H and O–H groups in total. The summed E-state index contributed by atoms with van der Waals surface area (Å²) in [6.07, 6.45) is 0.387. The van der Waals surface area contributed by atoms with E-state index in [0.717, 1.165) is 0 Å². The van der Waals surface area contributed by atoms with Gasteiger partial charge in [0.1, 0.15) is 5.04 Å². The van der Waals surface area contributed by atoms with Gasteiger partial charge in [0.25, 0.3) is 0 Å². The maximum atomic E-state index is 11.0. The van der Waals surface area contributed by atoms with Gasteiger partial charge < -0.3 is 5.11 Å². The van der Waals surface area contributed by atoms with Gasteiger partial charge in [0.2, 0.25) is 0 Å². The van der Waals surface area contributed by atoms with Crippen molar-refractivity contribution in [2.75, 3.05) is 5.75 Å². The molecule has 1 atom stereocenters. The van der Waals surface area contributed by atoms with Crippen molar-refractivity contribution < 1.29 is 14.7 Å². The molecule has 0 saturated heterocycles. The van der Waals surface area contributed by atoms with E-state index >= 15 is 0 Å². The summed E-state index contributed by atoms with van der Waals surface area (Å²) in [7, 11) is 0. The Morgan fingerprint density at radius 2 is 2.42 bits per heavy atom. The second-order valence-electron chi connectivity index (χ2n) is 2.38. The molecule has 1 heterocycles. The number of aliphatic carboxylic acids is 1. The molecule has 0 bridgehead atoms. The third-order valence-corrected chi connectivity index (χ3v) is 2.58. The molecule has 0 saturated carbocycles. The fourth-order valence-corrected chi connectivity index (χ4v) is 1.84. The zero-order valence-electron chi connectivity index (χ0n) is 6.61. The zero-order chi connectivity index (χ0) is 9.14. The average molecular weight is 187 g/mol. The standard InChI is InChI=1S/C7H9NO3S/c1-2-5(9)6-8-4(3-12-6)7(10)11/h4H,2-3H2,1H3,(H,10,11). The summed E-state index contributed by atoms with van der Waals surface area (Å²) < 4.78 is 0. The van der Waals surface area contributed by atoms with E-state index in [9.17, 15) is 9.59 Å². The van der Waals surface area contributed by atoms with Gasteiger partial charge in [-0.1, -0.05) is 6.92 Å². The Bertz CT molecular complexity index is 249. The van der Waals surface area contributed by atoms with E-state index < -0.39 is 12.0 Å². The summed E-state index contributed by atoms with van der Waals surface area (Å²) in [6.45, 7) is 1.74. The highest BCUT2D eigenvalue weighted by Gasteiger charge is 2.26. The molecular formula is C7H9NO3S. The Hall–Kier alpha value is -0.840. The first kappa shape index (κ1) is 9.25. The van der Waals surface area contributed by atoms with Crippen LogP contribution in [0.4, 0.5) is 0 Å². The second kappa shape index (κ2) is 3.71. The van der Waals surface area contributed by atoms with Gasteiger partial charge >= 0.3 is 5.97 Å². The number of thioether (sulfide) groups is 1. The van der Waals surface area contributed by atoms with E-state index in [1.54, 1.807) is 6.92 Å². The molecule has 12 heavy (non-hydrogen) atoms. The minimum Gasteiger partial charge on any atom is -0.480 e. The number of rotatable bonds is 3. The molecule has 0 spiro atoms. The minimum atomic E-state index is -0.957. The normalized spacial score (nSPS) is 22.1. The summed E-state index contributed by atoms with van der Waals surface area (Å²) in [5.74, 6) is -0.638. The topological polar surface area (TPSA) is 66.7 Å². The van der Waals surface area contributed by atoms with Crippen LogP contribution in [0, 0.1) is 0 Å². The van der Waals surface area contributed by atoms with Crippen molar-refractivity contribution in [1.29, 1.82) is 0 Å². The number of carboxylic acid groups (broad SMARTS) is 1. The molecule has 0 aromatic rings. The lowest BCUT2D eigenvalue weighted by Crippen LogP contribution is -2.17. The number of aliphatic imine (C=N–C) groups is 1. The molecule has 1 unspecified atom stereocenters. The second-order valence-corrected chi connectivity index (χ2v) is 3.38.